The lowest BCUT2D eigenvalue weighted by molar-refractivity contribution is -0.138. The molecule has 2 amide bonds. The van der Waals surface area contributed by atoms with Gasteiger partial charge in [0.25, 0.3) is 6.23 Å². The SMILES string of the molecule is CC(C)(C)C(=O)C(Oc1ccc(Cl)cc1)n1cncn1.CCCN(CCOc1c(Cl)cc(Cl)cc1Cl)C(=O)Nc1ncc[nH]1. The van der Waals surface area contributed by atoms with Crippen molar-refractivity contribution < 1.29 is 19.1 Å². The Balaban J connectivity index is 0.000000244. The summed E-state index contributed by atoms with van der Waals surface area (Å²) in [5, 5.41) is 8.38. The van der Waals surface area contributed by atoms with E-state index in [-0.39, 0.29) is 18.4 Å². The van der Waals surface area contributed by atoms with Gasteiger partial charge < -0.3 is 19.4 Å². The fourth-order valence-corrected chi connectivity index (χ4v) is 4.65. The van der Waals surface area contributed by atoms with Gasteiger partial charge in [0.2, 0.25) is 11.7 Å². The molecule has 0 bridgehead atoms. The highest BCUT2D eigenvalue weighted by Crippen LogP contribution is 2.35. The Hall–Kier alpha value is -3.51. The molecule has 2 aromatic carbocycles. The zero-order valence-electron chi connectivity index (χ0n) is 24.6. The van der Waals surface area contributed by atoms with Crippen molar-refractivity contribution >= 4 is 64.2 Å². The number of hydrogen-bond acceptors (Lipinski definition) is 7. The van der Waals surface area contributed by atoms with Crippen molar-refractivity contribution in [3.63, 3.8) is 0 Å². The van der Waals surface area contributed by atoms with E-state index in [1.807, 2.05) is 27.7 Å². The van der Waals surface area contributed by atoms with Gasteiger partial charge in [-0.3, -0.25) is 10.1 Å². The first-order chi connectivity index (χ1) is 20.9. The van der Waals surface area contributed by atoms with E-state index >= 15 is 0 Å². The first-order valence-corrected chi connectivity index (χ1v) is 15.0. The molecule has 2 heterocycles. The summed E-state index contributed by atoms with van der Waals surface area (Å²) in [6, 6.07) is 9.68. The number of anilines is 1. The minimum atomic E-state index is -0.848. The molecule has 0 radical (unpaired) electrons. The molecule has 0 aliphatic carbocycles. The number of aromatic nitrogens is 5. The summed E-state index contributed by atoms with van der Waals surface area (Å²) in [4.78, 5) is 37.0. The number of aromatic amines is 1. The average Bonchev–Trinajstić information content (AvgIpc) is 3.68. The van der Waals surface area contributed by atoms with Crippen LogP contribution in [0.1, 0.15) is 40.3 Å². The Morgan fingerprint density at radius 2 is 1.73 bits per heavy atom. The topological polar surface area (TPSA) is 127 Å². The second-order valence-electron chi connectivity index (χ2n) is 10.3. The summed E-state index contributed by atoms with van der Waals surface area (Å²) in [5.74, 6) is 1.21. The molecule has 4 aromatic rings. The summed E-state index contributed by atoms with van der Waals surface area (Å²) in [6.45, 7) is 8.70. The standard InChI is InChI=1S/C15H17Cl3N4O2.C14H16ClN3O2/c1-2-5-22(15(23)21-14-19-3-4-20-14)6-7-24-13-11(17)8-10(16)9-12(13)18;1-14(2,3)12(19)13(18-9-16-8-17-18)20-11-6-4-10(15)5-7-11/h3-4,8-9H,2,5-7H2,1H3,(H2,19,20,21,23);4-9,13H,1-3H3. The van der Waals surface area contributed by atoms with Gasteiger partial charge in [0.05, 0.1) is 16.6 Å². The first kappa shape index (κ1) is 35.0. The normalized spacial score (nSPS) is 11.6. The predicted molar refractivity (Wildman–Crippen MR) is 172 cm³/mol. The zero-order valence-corrected chi connectivity index (χ0v) is 27.6. The molecule has 0 fully saturated rings. The summed E-state index contributed by atoms with van der Waals surface area (Å²) >= 11 is 23.8. The number of nitrogens with one attached hydrogen (secondary N) is 2. The van der Waals surface area contributed by atoms with Crippen LogP contribution in [0.2, 0.25) is 20.1 Å². The van der Waals surface area contributed by atoms with Crippen LogP contribution in [0.15, 0.2) is 61.4 Å². The number of carbonyl (C=O) groups is 2. The van der Waals surface area contributed by atoms with Gasteiger partial charge in [0, 0.05) is 34.4 Å². The molecule has 4 rings (SSSR count). The monoisotopic (exact) mass is 683 g/mol. The highest BCUT2D eigenvalue weighted by molar-refractivity contribution is 6.40. The molecule has 0 saturated heterocycles. The molecule has 0 aliphatic rings. The van der Waals surface area contributed by atoms with Crippen molar-refractivity contribution in [2.45, 2.75) is 40.3 Å². The molecule has 0 saturated carbocycles. The summed E-state index contributed by atoms with van der Waals surface area (Å²) < 4.78 is 12.8. The van der Waals surface area contributed by atoms with Gasteiger partial charge in [-0.1, -0.05) is 74.1 Å². The Labute approximate surface area is 275 Å². The second-order valence-corrected chi connectivity index (χ2v) is 12.0. The fraction of sp³-hybridized carbons (Fsp3) is 0.345. The first-order valence-electron chi connectivity index (χ1n) is 13.5. The summed E-state index contributed by atoms with van der Waals surface area (Å²) in [6.07, 6.45) is 5.99. The van der Waals surface area contributed by atoms with Crippen molar-refractivity contribution in [3.05, 3.63) is 81.5 Å². The molecule has 236 valence electrons. The van der Waals surface area contributed by atoms with Crippen molar-refractivity contribution in [1.29, 1.82) is 0 Å². The molecule has 11 nitrogen and oxygen atoms in total. The fourth-order valence-electron chi connectivity index (χ4n) is 3.60. The molecule has 1 atom stereocenters. The van der Waals surface area contributed by atoms with Gasteiger partial charge in [-0.2, -0.15) is 5.10 Å². The van der Waals surface area contributed by atoms with Crippen LogP contribution >= 0.6 is 46.4 Å². The predicted octanol–water partition coefficient (Wildman–Crippen LogP) is 7.82. The highest BCUT2D eigenvalue weighted by atomic mass is 35.5. The smallest absolute Gasteiger partial charge is 0.324 e. The van der Waals surface area contributed by atoms with Crippen LogP contribution < -0.4 is 14.8 Å². The summed E-state index contributed by atoms with van der Waals surface area (Å²) in [5.41, 5.74) is -0.553. The minimum Gasteiger partial charge on any atom is -0.489 e. The number of Topliss-reactive ketones (excluding diaryl/α,β-unsaturated/α-hetero) is 1. The highest BCUT2D eigenvalue weighted by Gasteiger charge is 2.33. The number of hydrogen-bond donors (Lipinski definition) is 2. The van der Waals surface area contributed by atoms with E-state index in [0.29, 0.717) is 50.6 Å². The number of imidazole rings is 1. The van der Waals surface area contributed by atoms with Crippen LogP contribution in [0.3, 0.4) is 0 Å². The quantitative estimate of drug-likeness (QED) is 0.165. The number of ketones is 1. The maximum atomic E-state index is 12.5. The zero-order chi connectivity index (χ0) is 32.3. The third kappa shape index (κ3) is 10.6. The lowest BCUT2D eigenvalue weighted by Gasteiger charge is -2.25. The van der Waals surface area contributed by atoms with Crippen LogP contribution in [0.4, 0.5) is 10.7 Å². The van der Waals surface area contributed by atoms with E-state index in [1.54, 1.807) is 53.7 Å². The maximum absolute atomic E-state index is 12.5. The Morgan fingerprint density at radius 1 is 1.05 bits per heavy atom. The largest absolute Gasteiger partial charge is 0.489 e. The van der Waals surface area contributed by atoms with Gasteiger partial charge in [-0.25, -0.2) is 19.4 Å². The Kier molecular flexibility index (Phi) is 13.1. The Morgan fingerprint density at radius 3 is 2.27 bits per heavy atom. The summed E-state index contributed by atoms with van der Waals surface area (Å²) in [7, 11) is 0. The third-order valence-corrected chi connectivity index (χ3v) is 6.81. The van der Waals surface area contributed by atoms with E-state index in [2.05, 4.69) is 25.4 Å². The van der Waals surface area contributed by atoms with Gasteiger partial charge in [0.15, 0.2) is 5.75 Å². The van der Waals surface area contributed by atoms with Crippen LogP contribution in [-0.4, -0.2) is 61.1 Å². The van der Waals surface area contributed by atoms with Gasteiger partial charge >= 0.3 is 6.03 Å². The van der Waals surface area contributed by atoms with E-state index in [1.165, 1.54) is 17.3 Å². The number of nitrogens with zero attached hydrogens (tertiary/aromatic N) is 5. The van der Waals surface area contributed by atoms with Crippen LogP contribution in [0.5, 0.6) is 11.5 Å². The van der Waals surface area contributed by atoms with Crippen molar-refractivity contribution in [1.82, 2.24) is 29.6 Å². The van der Waals surface area contributed by atoms with Crippen LogP contribution in [-0.2, 0) is 4.79 Å². The molecule has 2 N–H and O–H groups in total. The molecule has 1 unspecified atom stereocenters. The Bertz CT molecular complexity index is 1460. The third-order valence-electron chi connectivity index (χ3n) is 5.78. The van der Waals surface area contributed by atoms with Gasteiger partial charge in [-0.15, -0.1) is 0 Å². The lowest BCUT2D eigenvalue weighted by atomic mass is 9.90. The number of urea groups is 1. The molecule has 0 aliphatic heterocycles. The number of amides is 2. The average molecular weight is 685 g/mol. The van der Waals surface area contributed by atoms with E-state index < -0.39 is 11.6 Å². The van der Waals surface area contributed by atoms with Gasteiger partial charge in [-0.05, 0) is 42.8 Å². The number of carbonyl (C=O) groups excluding carboxylic acids is 2. The van der Waals surface area contributed by atoms with E-state index in [9.17, 15) is 9.59 Å². The second kappa shape index (κ2) is 16.5. The van der Waals surface area contributed by atoms with Gasteiger partial charge in [0.1, 0.15) is 25.0 Å². The molecule has 0 spiro atoms. The van der Waals surface area contributed by atoms with E-state index in [0.717, 1.165) is 6.42 Å². The molecule has 15 heteroatoms. The van der Waals surface area contributed by atoms with Crippen molar-refractivity contribution in [2.75, 3.05) is 25.0 Å². The molecule has 44 heavy (non-hydrogen) atoms. The molecule has 2 aromatic heterocycles. The molecular formula is C29H33Cl4N7O4. The lowest BCUT2D eigenvalue weighted by Crippen LogP contribution is -2.38. The number of ether oxygens (including phenoxy) is 2. The van der Waals surface area contributed by atoms with Crippen molar-refractivity contribution in [3.8, 4) is 11.5 Å². The number of rotatable bonds is 11. The molecular weight excluding hydrogens is 652 g/mol. The van der Waals surface area contributed by atoms with E-state index in [4.69, 9.17) is 55.9 Å². The van der Waals surface area contributed by atoms with Crippen LogP contribution in [0, 0.1) is 5.41 Å². The van der Waals surface area contributed by atoms with Crippen LogP contribution in [0.25, 0.3) is 0 Å². The maximum Gasteiger partial charge on any atom is 0.324 e. The number of benzene rings is 2. The number of halogens is 4. The van der Waals surface area contributed by atoms with Crippen molar-refractivity contribution in [2.24, 2.45) is 5.41 Å². The minimum absolute atomic E-state index is 0.0852. The number of H-pyrrole nitrogens is 1.